The van der Waals surface area contributed by atoms with Gasteiger partial charge in [0, 0.05) is 11.1 Å². The molecule has 0 spiro atoms. The molecule has 0 saturated carbocycles. The van der Waals surface area contributed by atoms with Crippen LogP contribution in [0.3, 0.4) is 0 Å². The summed E-state index contributed by atoms with van der Waals surface area (Å²) < 4.78 is 0.991. The summed E-state index contributed by atoms with van der Waals surface area (Å²) in [5.74, 6) is 0. The van der Waals surface area contributed by atoms with Crippen LogP contribution in [0.1, 0.15) is 0 Å². The maximum absolute atomic E-state index is 11.2. The fourth-order valence-electron chi connectivity index (χ4n) is 1.58. The Morgan fingerprint density at radius 1 is 1.12 bits per heavy atom. The Hall–Kier alpha value is -1.45. The van der Waals surface area contributed by atoms with Gasteiger partial charge in [0.25, 0.3) is 0 Å². The average molecular weight is 248 g/mol. The molecule has 1 aromatic rings. The number of aromatic nitrogens is 1. The van der Waals surface area contributed by atoms with Gasteiger partial charge in [0.15, 0.2) is 5.43 Å². The van der Waals surface area contributed by atoms with Crippen molar-refractivity contribution < 1.29 is 0 Å². The topological polar surface area (TPSA) is 30.0 Å². The summed E-state index contributed by atoms with van der Waals surface area (Å²) in [6.07, 6.45) is 0. The molecule has 0 N–H and O–H groups in total. The van der Waals surface area contributed by atoms with Crippen molar-refractivity contribution in [2.75, 3.05) is 0 Å². The molecule has 16 heavy (non-hydrogen) atoms. The highest BCUT2D eigenvalue weighted by Gasteiger charge is 2.07. The first-order valence-corrected chi connectivity index (χ1v) is 5.92. The van der Waals surface area contributed by atoms with E-state index in [-0.39, 0.29) is 5.43 Å². The summed E-state index contributed by atoms with van der Waals surface area (Å²) in [5, 5.41) is 0.683. The lowest BCUT2D eigenvalue weighted by Crippen LogP contribution is -1.97. The van der Waals surface area contributed by atoms with Crippen LogP contribution >= 0.6 is 22.9 Å². The van der Waals surface area contributed by atoms with Crippen LogP contribution in [0.15, 0.2) is 41.2 Å². The molecule has 78 valence electrons. The van der Waals surface area contributed by atoms with Crippen LogP contribution in [-0.2, 0) is 0 Å². The molecule has 0 bridgehead atoms. The molecule has 1 heterocycles. The monoisotopic (exact) mass is 247 g/mol. The second kappa shape index (κ2) is 3.54. The fourth-order valence-corrected chi connectivity index (χ4v) is 2.85. The van der Waals surface area contributed by atoms with Crippen LogP contribution < -0.4 is 5.43 Å². The van der Waals surface area contributed by atoms with E-state index in [2.05, 4.69) is 4.98 Å². The molecule has 1 aliphatic carbocycles. The second-order valence-corrected chi connectivity index (χ2v) is 4.98. The van der Waals surface area contributed by atoms with Crippen molar-refractivity contribution in [3.8, 4) is 10.6 Å². The average Bonchev–Trinajstić information content (AvgIpc) is 2.26. The molecule has 0 atom stereocenters. The number of fused-ring (bicyclic) bond motifs is 2. The number of halogens is 1. The third kappa shape index (κ3) is 1.58. The molecule has 0 amide bonds. The normalized spacial score (nSPS) is 11.1. The molecular formula is C12H6ClNOS. The minimum Gasteiger partial charge on any atom is -0.290 e. The van der Waals surface area contributed by atoms with Gasteiger partial charge in [0.05, 0.1) is 20.8 Å². The number of nitrogens with zero attached hydrogens (tertiary/aromatic N) is 1. The molecule has 0 aromatic heterocycles. The number of benzene rings is 2. The maximum Gasteiger partial charge on any atom is 0.180 e. The summed E-state index contributed by atoms with van der Waals surface area (Å²) in [6, 6.07) is 10.5. The zero-order valence-electron chi connectivity index (χ0n) is 8.11. The van der Waals surface area contributed by atoms with Crippen molar-refractivity contribution in [2.24, 2.45) is 0 Å². The predicted octanol–water partition coefficient (Wildman–Crippen LogP) is 3.41. The van der Waals surface area contributed by atoms with E-state index in [0.717, 1.165) is 20.8 Å². The van der Waals surface area contributed by atoms with E-state index in [1.807, 2.05) is 18.2 Å². The van der Waals surface area contributed by atoms with E-state index in [4.69, 9.17) is 11.6 Å². The minimum absolute atomic E-state index is 0.00641. The minimum atomic E-state index is 0.00641. The Labute approximate surface area is 100 Å². The molecule has 0 saturated heterocycles. The van der Waals surface area contributed by atoms with Gasteiger partial charge in [-0.15, -0.1) is 11.3 Å². The summed E-state index contributed by atoms with van der Waals surface area (Å²) >= 11 is 7.45. The van der Waals surface area contributed by atoms with E-state index in [1.165, 1.54) is 17.4 Å². The second-order valence-electron chi connectivity index (χ2n) is 3.46. The molecule has 2 nitrogen and oxygen atoms in total. The number of rotatable bonds is 0. The first-order chi connectivity index (χ1) is 7.72. The van der Waals surface area contributed by atoms with Gasteiger partial charge in [-0.3, -0.25) is 4.79 Å². The molecule has 1 aliphatic heterocycles. The molecule has 1 aromatic carbocycles. The molecule has 4 heteroatoms. The van der Waals surface area contributed by atoms with Crippen molar-refractivity contribution in [3.05, 3.63) is 51.6 Å². The smallest absolute Gasteiger partial charge is 0.180 e. The fraction of sp³-hybridized carbons (Fsp3) is 0. The van der Waals surface area contributed by atoms with Crippen LogP contribution in [-0.4, -0.2) is 4.98 Å². The lowest BCUT2D eigenvalue weighted by Gasteiger charge is -2.04. The third-order valence-electron chi connectivity index (χ3n) is 2.31. The van der Waals surface area contributed by atoms with Crippen molar-refractivity contribution in [1.29, 1.82) is 0 Å². The lowest BCUT2D eigenvalue weighted by atomic mass is 10.2. The van der Waals surface area contributed by atoms with E-state index >= 15 is 0 Å². The van der Waals surface area contributed by atoms with Crippen molar-refractivity contribution in [3.63, 3.8) is 0 Å². The SMILES string of the molecule is O=c1ccc2nc3ccc(Cl)cc3sc-2c1. The van der Waals surface area contributed by atoms with E-state index in [9.17, 15) is 4.79 Å². The quantitative estimate of drug-likeness (QED) is 0.570. The standard InChI is InChI=1S/C12H6ClNOS/c13-7-1-3-9-11(5-7)16-12-6-8(15)2-4-10(12)14-9/h1-6H. The predicted molar refractivity (Wildman–Crippen MR) is 67.5 cm³/mol. The van der Waals surface area contributed by atoms with Gasteiger partial charge in [-0.05, 0) is 30.3 Å². The molecule has 0 radical (unpaired) electrons. The molecule has 0 fully saturated rings. The Balaban J connectivity index is 2.46. The van der Waals surface area contributed by atoms with Gasteiger partial charge >= 0.3 is 0 Å². The first kappa shape index (κ1) is 9.75. The molecule has 3 rings (SSSR count). The Morgan fingerprint density at radius 3 is 2.88 bits per heavy atom. The van der Waals surface area contributed by atoms with Crippen LogP contribution in [0.4, 0.5) is 0 Å². The van der Waals surface area contributed by atoms with E-state index in [0.29, 0.717) is 5.02 Å². The summed E-state index contributed by atoms with van der Waals surface area (Å²) in [6.45, 7) is 0. The summed E-state index contributed by atoms with van der Waals surface area (Å²) in [4.78, 5) is 16.6. The highest BCUT2D eigenvalue weighted by atomic mass is 35.5. The van der Waals surface area contributed by atoms with Crippen molar-refractivity contribution in [1.82, 2.24) is 4.98 Å². The molecule has 0 unspecified atom stereocenters. The van der Waals surface area contributed by atoms with Crippen LogP contribution in [0, 0.1) is 0 Å². The summed E-state index contributed by atoms with van der Waals surface area (Å²) in [5.41, 5.74) is 1.76. The zero-order valence-corrected chi connectivity index (χ0v) is 9.68. The van der Waals surface area contributed by atoms with Gasteiger partial charge < -0.3 is 0 Å². The lowest BCUT2D eigenvalue weighted by molar-refractivity contribution is 1.41. The molecular weight excluding hydrogens is 242 g/mol. The Kier molecular flexibility index (Phi) is 2.16. The van der Waals surface area contributed by atoms with Gasteiger partial charge in [-0.1, -0.05) is 11.6 Å². The van der Waals surface area contributed by atoms with Crippen LogP contribution in [0.2, 0.25) is 5.02 Å². The number of hydrogen-bond donors (Lipinski definition) is 0. The van der Waals surface area contributed by atoms with E-state index in [1.54, 1.807) is 12.1 Å². The zero-order chi connectivity index (χ0) is 11.1. The van der Waals surface area contributed by atoms with Crippen molar-refractivity contribution in [2.45, 2.75) is 0 Å². The Bertz CT molecular complexity index is 707. The highest BCUT2D eigenvalue weighted by molar-refractivity contribution is 7.21. The Morgan fingerprint density at radius 2 is 2.00 bits per heavy atom. The third-order valence-corrected chi connectivity index (χ3v) is 3.64. The van der Waals surface area contributed by atoms with E-state index < -0.39 is 0 Å². The largest absolute Gasteiger partial charge is 0.290 e. The van der Waals surface area contributed by atoms with Crippen molar-refractivity contribution >= 4 is 33.2 Å². The van der Waals surface area contributed by atoms with Gasteiger partial charge in [0.2, 0.25) is 0 Å². The highest BCUT2D eigenvalue weighted by Crippen LogP contribution is 2.30. The van der Waals surface area contributed by atoms with Gasteiger partial charge in [0.1, 0.15) is 0 Å². The molecule has 2 aliphatic rings. The number of hydrogen-bond acceptors (Lipinski definition) is 3. The van der Waals surface area contributed by atoms with Gasteiger partial charge in [-0.2, -0.15) is 0 Å². The summed E-state index contributed by atoms with van der Waals surface area (Å²) in [7, 11) is 0. The van der Waals surface area contributed by atoms with Gasteiger partial charge in [-0.25, -0.2) is 4.98 Å². The maximum atomic E-state index is 11.2. The van der Waals surface area contributed by atoms with Crippen LogP contribution in [0.5, 0.6) is 0 Å². The van der Waals surface area contributed by atoms with Crippen LogP contribution in [0.25, 0.3) is 20.8 Å². The first-order valence-electron chi connectivity index (χ1n) is 4.72.